The van der Waals surface area contributed by atoms with Gasteiger partial charge in [-0.3, -0.25) is 10.1 Å². The molecule has 3 N–H and O–H groups in total. The first kappa shape index (κ1) is 13.5. The zero-order valence-corrected chi connectivity index (χ0v) is 10.1. The Kier molecular flexibility index (Phi) is 4.09. The van der Waals surface area contributed by atoms with Crippen LogP contribution in [0.25, 0.3) is 0 Å². The van der Waals surface area contributed by atoms with E-state index in [1.54, 1.807) is 6.92 Å². The Labute approximate surface area is 104 Å². The minimum atomic E-state index is -0.702. The van der Waals surface area contributed by atoms with E-state index in [9.17, 15) is 15.2 Å². The fourth-order valence-corrected chi connectivity index (χ4v) is 1.74. The Hall–Kier alpha value is -1.59. The molecule has 0 aliphatic rings. The number of halogens is 1. The summed E-state index contributed by atoms with van der Waals surface area (Å²) in [5.41, 5.74) is 6.40. The topological polar surface area (TPSA) is 89.4 Å². The lowest BCUT2D eigenvalue weighted by Gasteiger charge is -2.14. The van der Waals surface area contributed by atoms with Crippen molar-refractivity contribution in [2.75, 3.05) is 0 Å². The number of nitrogens with zero attached hydrogens (tertiary/aromatic N) is 1. The molecule has 0 saturated carbocycles. The third kappa shape index (κ3) is 2.95. The molecule has 0 aromatic heterocycles. The van der Waals surface area contributed by atoms with E-state index in [1.165, 1.54) is 12.1 Å². The van der Waals surface area contributed by atoms with Gasteiger partial charge in [-0.05, 0) is 19.4 Å². The summed E-state index contributed by atoms with van der Waals surface area (Å²) in [6.07, 6.45) is 0.342. The van der Waals surface area contributed by atoms with Gasteiger partial charge in [0.25, 0.3) is 5.69 Å². The lowest BCUT2D eigenvalue weighted by Crippen LogP contribution is -2.13. The van der Waals surface area contributed by atoms with Gasteiger partial charge in [-0.25, -0.2) is 0 Å². The largest absolute Gasteiger partial charge is 0.506 e. The number of aromatic hydroxyl groups is 1. The summed E-state index contributed by atoms with van der Waals surface area (Å²) in [4.78, 5) is 10.3. The number of hydrogen-bond donors (Lipinski definition) is 2. The number of nitrogens with two attached hydrogens (primary N) is 1. The first-order chi connectivity index (χ1) is 7.84. The fourth-order valence-electron chi connectivity index (χ4n) is 1.57. The smallest absolute Gasteiger partial charge is 0.278 e. The maximum atomic E-state index is 10.8. The molecule has 5 nitrogen and oxygen atoms in total. The van der Waals surface area contributed by atoms with Crippen molar-refractivity contribution in [1.29, 1.82) is 0 Å². The number of phenols is 1. The molecule has 1 rings (SSSR count). The van der Waals surface area contributed by atoms with Gasteiger partial charge in [0.1, 0.15) is 5.75 Å². The third-order valence-electron chi connectivity index (χ3n) is 2.28. The third-order valence-corrected chi connectivity index (χ3v) is 2.59. The minimum Gasteiger partial charge on any atom is -0.506 e. The molecule has 0 fully saturated rings. The van der Waals surface area contributed by atoms with Crippen LogP contribution in [0.5, 0.6) is 5.75 Å². The van der Waals surface area contributed by atoms with E-state index in [-0.39, 0.29) is 22.0 Å². The number of benzene rings is 1. The van der Waals surface area contributed by atoms with Crippen molar-refractivity contribution in [2.45, 2.75) is 19.4 Å². The van der Waals surface area contributed by atoms with Crippen LogP contribution in [-0.2, 0) is 0 Å². The standard InChI is InChI=1S/C11H13ClN2O3/c1-6(2)5-8(13)10-9(14(16)17)4-3-7(12)11(10)15/h3-4,8,15H,1,5,13H2,2H3/t8-/m0/s1. The van der Waals surface area contributed by atoms with Gasteiger partial charge in [-0.2, -0.15) is 0 Å². The zero-order valence-electron chi connectivity index (χ0n) is 9.31. The highest BCUT2D eigenvalue weighted by Crippen LogP contribution is 2.39. The van der Waals surface area contributed by atoms with Crippen LogP contribution >= 0.6 is 11.6 Å². The second kappa shape index (κ2) is 5.16. The predicted octanol–water partition coefficient (Wildman–Crippen LogP) is 2.92. The lowest BCUT2D eigenvalue weighted by atomic mass is 9.98. The Morgan fingerprint density at radius 1 is 1.71 bits per heavy atom. The lowest BCUT2D eigenvalue weighted by molar-refractivity contribution is -0.385. The Morgan fingerprint density at radius 3 is 2.76 bits per heavy atom. The van der Waals surface area contributed by atoms with Crippen molar-refractivity contribution in [3.8, 4) is 5.75 Å². The second-order valence-electron chi connectivity index (χ2n) is 3.85. The molecule has 0 amide bonds. The average Bonchev–Trinajstić information content (AvgIpc) is 2.20. The molecular weight excluding hydrogens is 244 g/mol. The Morgan fingerprint density at radius 2 is 2.29 bits per heavy atom. The van der Waals surface area contributed by atoms with Crippen LogP contribution in [0.4, 0.5) is 5.69 Å². The SMILES string of the molecule is C=C(C)C[C@H](N)c1c([N+](=O)[O-])ccc(Cl)c1O. The highest BCUT2D eigenvalue weighted by molar-refractivity contribution is 6.32. The van der Waals surface area contributed by atoms with Crippen LogP contribution < -0.4 is 5.73 Å². The molecule has 1 atom stereocenters. The molecule has 0 aliphatic carbocycles. The molecular formula is C11H13ClN2O3. The van der Waals surface area contributed by atoms with Crippen LogP contribution in [0.2, 0.25) is 5.02 Å². The molecule has 0 heterocycles. The summed E-state index contributed by atoms with van der Waals surface area (Å²) in [5, 5.41) is 20.7. The van der Waals surface area contributed by atoms with E-state index in [0.29, 0.717) is 6.42 Å². The number of nitro groups is 1. The Balaban J connectivity index is 3.32. The molecule has 0 aliphatic heterocycles. The molecule has 0 radical (unpaired) electrons. The molecule has 0 spiro atoms. The molecule has 0 unspecified atom stereocenters. The van der Waals surface area contributed by atoms with E-state index >= 15 is 0 Å². The number of hydrogen-bond acceptors (Lipinski definition) is 4. The summed E-state index contributed by atoms with van der Waals surface area (Å²) in [5.74, 6) is -0.338. The second-order valence-corrected chi connectivity index (χ2v) is 4.26. The molecule has 6 heteroatoms. The highest BCUT2D eigenvalue weighted by atomic mass is 35.5. The van der Waals surface area contributed by atoms with E-state index in [1.807, 2.05) is 0 Å². The molecule has 17 heavy (non-hydrogen) atoms. The van der Waals surface area contributed by atoms with Crippen LogP contribution in [0.15, 0.2) is 24.3 Å². The molecule has 1 aromatic rings. The van der Waals surface area contributed by atoms with Gasteiger partial charge in [0.05, 0.1) is 15.5 Å². The maximum Gasteiger partial charge on any atom is 0.278 e. The zero-order chi connectivity index (χ0) is 13.2. The van der Waals surface area contributed by atoms with Gasteiger partial charge < -0.3 is 10.8 Å². The van der Waals surface area contributed by atoms with E-state index in [2.05, 4.69) is 6.58 Å². The van der Waals surface area contributed by atoms with E-state index in [4.69, 9.17) is 17.3 Å². The number of rotatable bonds is 4. The summed E-state index contributed by atoms with van der Waals surface area (Å²) < 4.78 is 0. The fraction of sp³-hybridized carbons (Fsp3) is 0.273. The van der Waals surface area contributed by atoms with Gasteiger partial charge in [0, 0.05) is 12.1 Å². The van der Waals surface area contributed by atoms with Crippen LogP contribution in [0.1, 0.15) is 24.9 Å². The molecule has 1 aromatic carbocycles. The van der Waals surface area contributed by atoms with Crippen molar-refractivity contribution in [1.82, 2.24) is 0 Å². The summed E-state index contributed by atoms with van der Waals surface area (Å²) >= 11 is 5.72. The van der Waals surface area contributed by atoms with Crippen molar-refractivity contribution in [3.63, 3.8) is 0 Å². The van der Waals surface area contributed by atoms with Crippen LogP contribution in [0, 0.1) is 10.1 Å². The summed E-state index contributed by atoms with van der Waals surface area (Å²) in [6.45, 7) is 5.44. The van der Waals surface area contributed by atoms with E-state index < -0.39 is 11.0 Å². The first-order valence-electron chi connectivity index (χ1n) is 4.90. The summed E-state index contributed by atoms with van der Waals surface area (Å²) in [6, 6.07) is 1.80. The molecule has 92 valence electrons. The van der Waals surface area contributed by atoms with Crippen LogP contribution in [0.3, 0.4) is 0 Å². The number of nitro benzene ring substituents is 1. The van der Waals surface area contributed by atoms with Gasteiger partial charge in [0.15, 0.2) is 0 Å². The highest BCUT2D eigenvalue weighted by Gasteiger charge is 2.25. The van der Waals surface area contributed by atoms with Crippen LogP contribution in [-0.4, -0.2) is 10.0 Å². The van der Waals surface area contributed by atoms with Crippen molar-refractivity contribution in [2.24, 2.45) is 5.73 Å². The minimum absolute atomic E-state index is 0.0442. The normalized spacial score (nSPS) is 12.2. The first-order valence-corrected chi connectivity index (χ1v) is 5.28. The van der Waals surface area contributed by atoms with Gasteiger partial charge in [-0.15, -0.1) is 6.58 Å². The predicted molar refractivity (Wildman–Crippen MR) is 66.1 cm³/mol. The average molecular weight is 257 g/mol. The van der Waals surface area contributed by atoms with Gasteiger partial charge in [0.2, 0.25) is 0 Å². The van der Waals surface area contributed by atoms with Crippen molar-refractivity contribution < 1.29 is 10.0 Å². The monoisotopic (exact) mass is 256 g/mol. The maximum absolute atomic E-state index is 10.8. The summed E-state index contributed by atoms with van der Waals surface area (Å²) in [7, 11) is 0. The van der Waals surface area contributed by atoms with Gasteiger partial charge >= 0.3 is 0 Å². The van der Waals surface area contributed by atoms with Crippen molar-refractivity contribution in [3.05, 3.63) is 45.0 Å². The molecule has 0 bridgehead atoms. The van der Waals surface area contributed by atoms with E-state index in [0.717, 1.165) is 5.57 Å². The quantitative estimate of drug-likeness (QED) is 0.492. The van der Waals surface area contributed by atoms with Crippen molar-refractivity contribution >= 4 is 17.3 Å². The molecule has 0 saturated heterocycles. The number of phenolic OH excluding ortho intramolecular Hbond substituents is 1. The Bertz CT molecular complexity index is 474. The van der Waals surface area contributed by atoms with Gasteiger partial charge in [-0.1, -0.05) is 17.2 Å².